The smallest absolute Gasteiger partial charge is 0.258 e. The number of hydrogen-bond acceptors (Lipinski definition) is 6. The lowest BCUT2D eigenvalue weighted by atomic mass is 10.3. The third kappa shape index (κ3) is 3.44. The highest BCUT2D eigenvalue weighted by Crippen LogP contribution is 2.36. The van der Waals surface area contributed by atoms with E-state index >= 15 is 0 Å². The number of hydrogen-bond donors (Lipinski definition) is 0. The molecule has 0 radical (unpaired) electrons. The van der Waals surface area contributed by atoms with Crippen molar-refractivity contribution in [2.24, 2.45) is 15.2 Å². The zero-order valence-electron chi connectivity index (χ0n) is 10.8. The van der Waals surface area contributed by atoms with Gasteiger partial charge in [-0.3, -0.25) is 4.99 Å². The van der Waals surface area contributed by atoms with Gasteiger partial charge in [0.2, 0.25) is 15.0 Å². The SMILES string of the molecule is O=S(=O)(c1ccc(N=NC2=NCCS2)cc1)C(F)(F)C(F)Cl. The van der Waals surface area contributed by atoms with E-state index in [1.807, 2.05) is 0 Å². The van der Waals surface area contributed by atoms with E-state index in [1.54, 1.807) is 0 Å². The molecule has 0 aliphatic carbocycles. The molecule has 0 fully saturated rings. The second kappa shape index (κ2) is 6.55. The molecule has 0 aromatic heterocycles. The lowest BCUT2D eigenvalue weighted by Crippen LogP contribution is -2.35. The van der Waals surface area contributed by atoms with Gasteiger partial charge in [0.05, 0.1) is 17.1 Å². The molecule has 0 N–H and O–H groups in total. The van der Waals surface area contributed by atoms with Crippen molar-refractivity contribution in [2.75, 3.05) is 12.3 Å². The summed E-state index contributed by atoms with van der Waals surface area (Å²) < 4.78 is 62.5. The number of amidine groups is 1. The zero-order valence-corrected chi connectivity index (χ0v) is 13.2. The van der Waals surface area contributed by atoms with Crippen LogP contribution in [0.25, 0.3) is 0 Å². The van der Waals surface area contributed by atoms with Crippen LogP contribution in [0.1, 0.15) is 0 Å². The summed E-state index contributed by atoms with van der Waals surface area (Å²) in [5, 5.41) is 3.40. The molecule has 0 saturated carbocycles. The lowest BCUT2D eigenvalue weighted by Gasteiger charge is -2.16. The maximum atomic E-state index is 13.3. The van der Waals surface area contributed by atoms with Gasteiger partial charge in [-0.2, -0.15) is 8.78 Å². The third-order valence-electron chi connectivity index (χ3n) is 2.58. The van der Waals surface area contributed by atoms with Crippen molar-refractivity contribution in [3.63, 3.8) is 0 Å². The summed E-state index contributed by atoms with van der Waals surface area (Å²) in [7, 11) is -5.23. The standard InChI is InChI=1S/C11H9ClF3N3O2S2/c12-9(13)11(14,15)22(19,20)8-3-1-7(2-4-8)17-18-10-16-5-6-21-10/h1-4,9H,5-6H2. The van der Waals surface area contributed by atoms with Gasteiger partial charge in [-0.1, -0.05) is 23.4 Å². The summed E-state index contributed by atoms with van der Waals surface area (Å²) in [6, 6.07) is 4.13. The second-order valence-corrected chi connectivity index (χ2v) is 7.54. The van der Waals surface area contributed by atoms with E-state index < -0.39 is 25.6 Å². The zero-order chi connectivity index (χ0) is 16.4. The van der Waals surface area contributed by atoms with Crippen LogP contribution in [-0.2, 0) is 9.84 Å². The molecule has 11 heteroatoms. The molecule has 1 aromatic carbocycles. The van der Waals surface area contributed by atoms with Crippen LogP contribution in [-0.4, -0.2) is 36.8 Å². The van der Waals surface area contributed by atoms with Crippen LogP contribution in [0.4, 0.5) is 18.9 Å². The highest BCUT2D eigenvalue weighted by molar-refractivity contribution is 8.14. The first-order valence-corrected chi connectivity index (χ1v) is 8.75. The largest absolute Gasteiger partial charge is 0.393 e. The molecule has 2 rings (SSSR count). The number of thioether (sulfide) groups is 1. The molecule has 5 nitrogen and oxygen atoms in total. The highest BCUT2D eigenvalue weighted by Gasteiger charge is 2.53. The van der Waals surface area contributed by atoms with Crippen molar-refractivity contribution in [1.82, 2.24) is 0 Å². The van der Waals surface area contributed by atoms with Gasteiger partial charge in [-0.05, 0) is 24.3 Å². The van der Waals surface area contributed by atoms with Crippen molar-refractivity contribution < 1.29 is 21.6 Å². The molecule has 1 atom stereocenters. The molecular weight excluding hydrogens is 363 g/mol. The van der Waals surface area contributed by atoms with E-state index in [1.165, 1.54) is 23.9 Å². The molecule has 1 unspecified atom stereocenters. The molecule has 0 amide bonds. The summed E-state index contributed by atoms with van der Waals surface area (Å²) >= 11 is 6.03. The average molecular weight is 372 g/mol. The van der Waals surface area contributed by atoms with E-state index in [2.05, 4.69) is 26.8 Å². The number of halogens is 4. The molecule has 0 spiro atoms. The van der Waals surface area contributed by atoms with Gasteiger partial charge < -0.3 is 0 Å². The molecule has 1 aliphatic heterocycles. The Kier molecular flexibility index (Phi) is 5.13. The number of sulfone groups is 1. The third-order valence-corrected chi connectivity index (χ3v) is 5.66. The van der Waals surface area contributed by atoms with Gasteiger partial charge in [0.1, 0.15) is 0 Å². The van der Waals surface area contributed by atoms with Gasteiger partial charge in [-0.15, -0.1) is 10.2 Å². The Hall–Kier alpha value is -1.13. The van der Waals surface area contributed by atoms with Crippen LogP contribution in [0.15, 0.2) is 44.4 Å². The molecular formula is C11H9ClF3N3O2S2. The van der Waals surface area contributed by atoms with Crippen LogP contribution in [0.2, 0.25) is 0 Å². The molecule has 1 heterocycles. The van der Waals surface area contributed by atoms with Crippen molar-refractivity contribution in [3.05, 3.63) is 24.3 Å². The number of nitrogens with zero attached hydrogens (tertiary/aromatic N) is 3. The summed E-state index contributed by atoms with van der Waals surface area (Å²) in [5.41, 5.74) is -3.09. The predicted molar refractivity (Wildman–Crippen MR) is 78.6 cm³/mol. The first kappa shape index (κ1) is 17.2. The summed E-state index contributed by atoms with van der Waals surface area (Å²) in [6.07, 6.45) is 0. The average Bonchev–Trinajstić information content (AvgIpc) is 2.98. The second-order valence-electron chi connectivity index (χ2n) is 4.07. The fourth-order valence-corrected chi connectivity index (χ4v) is 3.49. The van der Waals surface area contributed by atoms with Crippen molar-refractivity contribution in [3.8, 4) is 0 Å². The van der Waals surface area contributed by atoms with Gasteiger partial charge in [0.25, 0.3) is 5.63 Å². The van der Waals surface area contributed by atoms with E-state index in [4.69, 9.17) is 0 Å². The summed E-state index contributed by atoms with van der Waals surface area (Å²) in [4.78, 5) is 3.27. The van der Waals surface area contributed by atoms with Crippen molar-refractivity contribution in [2.45, 2.75) is 15.8 Å². The van der Waals surface area contributed by atoms with Crippen molar-refractivity contribution in [1.29, 1.82) is 0 Å². The van der Waals surface area contributed by atoms with Crippen LogP contribution < -0.4 is 0 Å². The fourth-order valence-electron chi connectivity index (χ4n) is 1.45. The maximum absolute atomic E-state index is 13.3. The fraction of sp³-hybridized carbons (Fsp3) is 0.364. The lowest BCUT2D eigenvalue weighted by molar-refractivity contribution is 0.0423. The Labute approximate surface area is 133 Å². The Morgan fingerprint density at radius 1 is 1.27 bits per heavy atom. The molecule has 120 valence electrons. The quantitative estimate of drug-likeness (QED) is 0.597. The monoisotopic (exact) mass is 371 g/mol. The molecule has 0 bridgehead atoms. The van der Waals surface area contributed by atoms with Gasteiger partial charge in [0, 0.05) is 5.75 Å². The topological polar surface area (TPSA) is 71.2 Å². The maximum Gasteiger partial charge on any atom is 0.393 e. The minimum atomic E-state index is -5.23. The molecule has 22 heavy (non-hydrogen) atoms. The van der Waals surface area contributed by atoms with E-state index in [-0.39, 0.29) is 5.69 Å². The normalized spacial score (nSPS) is 17.7. The minimum absolute atomic E-state index is 0.250. The van der Waals surface area contributed by atoms with Gasteiger partial charge in [0.15, 0.2) is 0 Å². The van der Waals surface area contributed by atoms with Gasteiger partial charge in [-0.25, -0.2) is 12.8 Å². The molecule has 1 aromatic rings. The first-order valence-electron chi connectivity index (χ1n) is 5.85. The molecule has 1 aliphatic rings. The number of benzene rings is 1. The molecule has 0 saturated heterocycles. The Morgan fingerprint density at radius 2 is 1.91 bits per heavy atom. The first-order chi connectivity index (χ1) is 10.2. The Morgan fingerprint density at radius 3 is 2.41 bits per heavy atom. The van der Waals surface area contributed by atoms with Crippen LogP contribution >= 0.6 is 23.4 Å². The number of alkyl halides is 4. The Bertz CT molecular complexity index is 706. The number of aliphatic imine (C=N–C) groups is 1. The van der Waals surface area contributed by atoms with Crippen LogP contribution in [0, 0.1) is 0 Å². The Balaban J connectivity index is 2.21. The number of rotatable bonds is 4. The van der Waals surface area contributed by atoms with Crippen molar-refractivity contribution >= 4 is 44.1 Å². The summed E-state index contributed by atoms with van der Waals surface area (Å²) in [6.45, 7) is 0.647. The number of azo groups is 1. The predicted octanol–water partition coefficient (Wildman–Crippen LogP) is 3.77. The van der Waals surface area contributed by atoms with E-state index in [9.17, 15) is 21.6 Å². The van der Waals surface area contributed by atoms with E-state index in [0.29, 0.717) is 11.7 Å². The van der Waals surface area contributed by atoms with Crippen LogP contribution in [0.5, 0.6) is 0 Å². The van der Waals surface area contributed by atoms with Gasteiger partial charge >= 0.3 is 5.25 Å². The summed E-state index contributed by atoms with van der Waals surface area (Å²) in [5.74, 6) is 0.809. The highest BCUT2D eigenvalue weighted by atomic mass is 35.5. The van der Waals surface area contributed by atoms with E-state index in [0.717, 1.165) is 17.9 Å². The van der Waals surface area contributed by atoms with Crippen LogP contribution in [0.3, 0.4) is 0 Å². The minimum Gasteiger partial charge on any atom is -0.258 e.